The maximum absolute atomic E-state index is 12.7. The van der Waals surface area contributed by atoms with Crippen LogP contribution in [0.15, 0.2) is 18.2 Å². The molecule has 0 aliphatic rings. The summed E-state index contributed by atoms with van der Waals surface area (Å²) in [6.45, 7) is -0.443. The molecule has 0 radical (unpaired) electrons. The summed E-state index contributed by atoms with van der Waals surface area (Å²) in [5, 5.41) is 27.7. The van der Waals surface area contributed by atoms with Crippen molar-refractivity contribution in [3.63, 3.8) is 0 Å². The van der Waals surface area contributed by atoms with Crippen LogP contribution in [0.2, 0.25) is 0 Å². The number of anilines is 1. The Morgan fingerprint density at radius 2 is 1.83 bits per heavy atom. The van der Waals surface area contributed by atoms with E-state index in [2.05, 4.69) is 0 Å². The lowest BCUT2D eigenvalue weighted by molar-refractivity contribution is -0.140. The van der Waals surface area contributed by atoms with Crippen LogP contribution in [-0.4, -0.2) is 28.0 Å². The van der Waals surface area contributed by atoms with Gasteiger partial charge in [-0.15, -0.1) is 0 Å². The lowest BCUT2D eigenvalue weighted by atomic mass is 9.96. The molecular formula is C11H14F3NO3. The monoisotopic (exact) mass is 265 g/mol. The molecule has 0 aliphatic heterocycles. The summed E-state index contributed by atoms with van der Waals surface area (Å²) < 4.78 is 38.1. The van der Waals surface area contributed by atoms with E-state index in [1.165, 1.54) is 0 Å². The van der Waals surface area contributed by atoms with Crippen LogP contribution in [0.4, 0.5) is 18.9 Å². The first-order valence-corrected chi connectivity index (χ1v) is 5.21. The molecule has 0 aliphatic carbocycles. The van der Waals surface area contributed by atoms with Crippen molar-refractivity contribution in [2.24, 2.45) is 0 Å². The average Bonchev–Trinajstić information content (AvgIpc) is 2.26. The Balaban J connectivity index is 3.17. The van der Waals surface area contributed by atoms with E-state index in [4.69, 9.17) is 10.8 Å². The molecule has 0 saturated heterocycles. The van der Waals surface area contributed by atoms with E-state index in [1.807, 2.05) is 0 Å². The largest absolute Gasteiger partial charge is 0.416 e. The van der Waals surface area contributed by atoms with Crippen molar-refractivity contribution in [1.29, 1.82) is 0 Å². The van der Waals surface area contributed by atoms with Crippen molar-refractivity contribution in [3.05, 3.63) is 29.3 Å². The van der Waals surface area contributed by atoms with E-state index in [1.54, 1.807) is 0 Å². The highest BCUT2D eigenvalue weighted by atomic mass is 19.4. The van der Waals surface area contributed by atoms with Gasteiger partial charge in [0.2, 0.25) is 0 Å². The van der Waals surface area contributed by atoms with Crippen LogP contribution in [0.1, 0.15) is 23.7 Å². The Kier molecular flexibility index (Phi) is 4.55. The third kappa shape index (κ3) is 3.34. The summed E-state index contributed by atoms with van der Waals surface area (Å²) in [4.78, 5) is 0. The third-order valence-corrected chi connectivity index (χ3v) is 2.49. The minimum absolute atomic E-state index is 0.0493. The number of alkyl halides is 3. The Hall–Kier alpha value is -1.31. The van der Waals surface area contributed by atoms with E-state index < -0.39 is 36.1 Å². The number of nitrogens with two attached hydrogens (primary N) is 1. The number of halogens is 3. The summed E-state index contributed by atoms with van der Waals surface area (Å²) in [6.07, 6.45) is -8.12. The predicted molar refractivity (Wildman–Crippen MR) is 58.5 cm³/mol. The van der Waals surface area contributed by atoms with Crippen LogP contribution in [-0.2, 0) is 6.18 Å². The topological polar surface area (TPSA) is 86.7 Å². The molecule has 4 nitrogen and oxygen atoms in total. The average molecular weight is 265 g/mol. The number of benzene rings is 1. The third-order valence-electron chi connectivity index (χ3n) is 2.49. The minimum Gasteiger partial charge on any atom is -0.399 e. The summed E-state index contributed by atoms with van der Waals surface area (Å²) in [6, 6.07) is 2.78. The highest BCUT2D eigenvalue weighted by Crippen LogP contribution is 2.36. The molecule has 2 unspecified atom stereocenters. The van der Waals surface area contributed by atoms with Crippen molar-refractivity contribution >= 4 is 5.69 Å². The van der Waals surface area contributed by atoms with Gasteiger partial charge in [-0.1, -0.05) is 0 Å². The van der Waals surface area contributed by atoms with Crippen molar-refractivity contribution in [3.8, 4) is 0 Å². The number of rotatable bonds is 4. The van der Waals surface area contributed by atoms with Crippen molar-refractivity contribution < 1.29 is 28.5 Å². The molecule has 0 amide bonds. The number of aliphatic hydroxyl groups is 3. The summed E-state index contributed by atoms with van der Waals surface area (Å²) in [7, 11) is 0. The molecule has 1 aromatic carbocycles. The maximum Gasteiger partial charge on any atom is 0.416 e. The lowest BCUT2D eigenvalue weighted by Crippen LogP contribution is -2.23. The predicted octanol–water partition coefficient (Wildman–Crippen LogP) is 1.06. The summed E-state index contributed by atoms with van der Waals surface area (Å²) in [5.74, 6) is 0. The van der Waals surface area contributed by atoms with Gasteiger partial charge in [0.1, 0.15) is 6.10 Å². The molecule has 1 rings (SSSR count). The minimum atomic E-state index is -4.65. The van der Waals surface area contributed by atoms with E-state index in [-0.39, 0.29) is 12.1 Å². The molecule has 0 fully saturated rings. The van der Waals surface area contributed by atoms with Crippen molar-refractivity contribution in [1.82, 2.24) is 0 Å². The second-order valence-corrected chi connectivity index (χ2v) is 3.87. The molecule has 18 heavy (non-hydrogen) atoms. The Morgan fingerprint density at radius 3 is 2.33 bits per heavy atom. The molecule has 0 bridgehead atoms. The molecule has 2 atom stereocenters. The second-order valence-electron chi connectivity index (χ2n) is 3.87. The van der Waals surface area contributed by atoms with Gasteiger partial charge in [-0.3, -0.25) is 0 Å². The normalized spacial score (nSPS) is 15.4. The van der Waals surface area contributed by atoms with Crippen LogP contribution in [0.5, 0.6) is 0 Å². The Labute approximate surface area is 101 Å². The highest BCUT2D eigenvalue weighted by molar-refractivity contribution is 5.46. The fraction of sp³-hybridized carbons (Fsp3) is 0.455. The molecule has 1 aromatic rings. The molecule has 0 heterocycles. The van der Waals surface area contributed by atoms with Gasteiger partial charge in [-0.05, 0) is 30.2 Å². The molecule has 0 saturated carbocycles. The standard InChI is InChI=1S/C11H14F3NO3/c12-11(13,14)8-2-1-6(15)5-7(8)10(18)9(17)3-4-16/h1-2,5,9-10,16-18H,3-4,15H2. The molecule has 0 spiro atoms. The van der Waals surface area contributed by atoms with E-state index in [0.717, 1.165) is 18.2 Å². The Bertz CT molecular complexity index is 409. The first-order valence-electron chi connectivity index (χ1n) is 5.21. The summed E-state index contributed by atoms with van der Waals surface area (Å²) >= 11 is 0. The van der Waals surface area contributed by atoms with Gasteiger partial charge in [0, 0.05) is 12.3 Å². The number of hydrogen-bond donors (Lipinski definition) is 4. The number of nitrogen functional groups attached to an aromatic ring is 1. The Morgan fingerprint density at radius 1 is 1.22 bits per heavy atom. The first-order chi connectivity index (χ1) is 8.27. The van der Waals surface area contributed by atoms with Gasteiger partial charge < -0.3 is 21.1 Å². The molecule has 5 N–H and O–H groups in total. The van der Waals surface area contributed by atoms with Crippen molar-refractivity contribution in [2.75, 3.05) is 12.3 Å². The van der Waals surface area contributed by atoms with Gasteiger partial charge in [0.15, 0.2) is 0 Å². The van der Waals surface area contributed by atoms with Gasteiger partial charge in [-0.25, -0.2) is 0 Å². The summed E-state index contributed by atoms with van der Waals surface area (Å²) in [5.41, 5.74) is 3.87. The van der Waals surface area contributed by atoms with Gasteiger partial charge in [0.05, 0.1) is 11.7 Å². The van der Waals surface area contributed by atoms with Crippen molar-refractivity contribution in [2.45, 2.75) is 24.8 Å². The SMILES string of the molecule is Nc1ccc(C(F)(F)F)c(C(O)C(O)CCO)c1. The van der Waals surface area contributed by atoms with Crippen LogP contribution >= 0.6 is 0 Å². The van der Waals surface area contributed by atoms with Gasteiger partial charge >= 0.3 is 6.18 Å². The van der Waals surface area contributed by atoms with Crippen LogP contribution in [0.25, 0.3) is 0 Å². The van der Waals surface area contributed by atoms with E-state index >= 15 is 0 Å². The first kappa shape index (κ1) is 14.7. The van der Waals surface area contributed by atoms with Gasteiger partial charge in [-0.2, -0.15) is 13.2 Å². The molecule has 7 heteroatoms. The second kappa shape index (κ2) is 5.55. The highest BCUT2D eigenvalue weighted by Gasteiger charge is 2.36. The zero-order valence-electron chi connectivity index (χ0n) is 9.35. The quantitative estimate of drug-likeness (QED) is 0.613. The molecular weight excluding hydrogens is 251 g/mol. The van der Waals surface area contributed by atoms with Crippen LogP contribution < -0.4 is 5.73 Å². The van der Waals surface area contributed by atoms with Crippen LogP contribution in [0, 0.1) is 0 Å². The van der Waals surface area contributed by atoms with Crippen LogP contribution in [0.3, 0.4) is 0 Å². The smallest absolute Gasteiger partial charge is 0.399 e. The maximum atomic E-state index is 12.7. The number of hydrogen-bond acceptors (Lipinski definition) is 4. The van der Waals surface area contributed by atoms with Gasteiger partial charge in [0.25, 0.3) is 0 Å². The molecule has 0 aromatic heterocycles. The zero-order valence-corrected chi connectivity index (χ0v) is 9.35. The fourth-order valence-corrected chi connectivity index (χ4v) is 1.58. The number of aliphatic hydroxyl groups excluding tert-OH is 3. The lowest BCUT2D eigenvalue weighted by Gasteiger charge is -2.21. The van der Waals surface area contributed by atoms with E-state index in [0.29, 0.717) is 0 Å². The molecule has 102 valence electrons. The fourth-order valence-electron chi connectivity index (χ4n) is 1.58. The van der Waals surface area contributed by atoms with E-state index in [9.17, 15) is 23.4 Å². The zero-order chi connectivity index (χ0) is 13.9.